The molecule has 1 amide bonds. The maximum atomic E-state index is 13.8. The molecular weight excluding hydrogens is 411 g/mol. The van der Waals surface area contributed by atoms with Gasteiger partial charge in [-0.1, -0.05) is 0 Å². The number of imidazole rings is 1. The summed E-state index contributed by atoms with van der Waals surface area (Å²) in [6.45, 7) is 3.17. The highest BCUT2D eigenvalue weighted by Gasteiger charge is 2.37. The Kier molecular flexibility index (Phi) is 5.43. The van der Waals surface area contributed by atoms with Crippen molar-refractivity contribution in [3.63, 3.8) is 0 Å². The summed E-state index contributed by atoms with van der Waals surface area (Å²) in [4.78, 5) is 23.2. The summed E-state index contributed by atoms with van der Waals surface area (Å²) >= 11 is 0. The molecule has 2 fully saturated rings. The van der Waals surface area contributed by atoms with Gasteiger partial charge in [0.05, 0.1) is 41.8 Å². The maximum absolute atomic E-state index is 13.8. The van der Waals surface area contributed by atoms with Crippen molar-refractivity contribution in [1.82, 2.24) is 14.6 Å². The molecule has 3 aromatic rings. The second-order valence-electron chi connectivity index (χ2n) is 8.84. The van der Waals surface area contributed by atoms with Gasteiger partial charge in [-0.3, -0.25) is 9.63 Å². The SMILES string of the molecule is Cc1cc([C@@H]2CCON2C(=O)C2CCC(Cn3cnc4cc(F)c(C#N)cc43)CC2)co1. The predicted molar refractivity (Wildman–Crippen MR) is 113 cm³/mol. The molecule has 3 heterocycles. The molecule has 0 radical (unpaired) electrons. The Morgan fingerprint density at radius 2 is 2.06 bits per heavy atom. The number of aromatic nitrogens is 2. The number of benzene rings is 1. The fraction of sp³-hybridized carbons (Fsp3) is 0.458. The molecule has 2 aliphatic rings. The fourth-order valence-electron chi connectivity index (χ4n) is 4.99. The molecule has 1 aromatic carbocycles. The first-order chi connectivity index (χ1) is 15.5. The molecule has 1 aliphatic heterocycles. The number of halogens is 1. The molecule has 166 valence electrons. The van der Waals surface area contributed by atoms with Crippen molar-refractivity contribution in [2.24, 2.45) is 11.8 Å². The third kappa shape index (κ3) is 3.78. The van der Waals surface area contributed by atoms with Crippen molar-refractivity contribution in [1.29, 1.82) is 5.26 Å². The summed E-state index contributed by atoms with van der Waals surface area (Å²) in [5.74, 6) is 0.707. The third-order valence-corrected chi connectivity index (χ3v) is 6.74. The Hall–Kier alpha value is -3.18. The van der Waals surface area contributed by atoms with Gasteiger partial charge in [-0.2, -0.15) is 5.26 Å². The number of amides is 1. The van der Waals surface area contributed by atoms with E-state index in [0.717, 1.165) is 55.5 Å². The van der Waals surface area contributed by atoms with E-state index in [4.69, 9.17) is 14.5 Å². The number of carbonyl (C=O) groups excluding carboxylic acids is 1. The first-order valence-corrected chi connectivity index (χ1v) is 11.1. The Morgan fingerprint density at radius 3 is 2.78 bits per heavy atom. The Balaban J connectivity index is 1.22. The number of rotatable bonds is 4. The van der Waals surface area contributed by atoms with Crippen molar-refractivity contribution in [3.8, 4) is 6.07 Å². The second-order valence-corrected chi connectivity index (χ2v) is 8.84. The van der Waals surface area contributed by atoms with Crippen LogP contribution in [0.3, 0.4) is 0 Å². The molecule has 1 atom stereocenters. The molecule has 5 rings (SSSR count). The molecular formula is C24H25FN4O3. The van der Waals surface area contributed by atoms with E-state index in [2.05, 4.69) is 4.98 Å². The molecule has 32 heavy (non-hydrogen) atoms. The number of hydrogen-bond acceptors (Lipinski definition) is 5. The van der Waals surface area contributed by atoms with Gasteiger partial charge < -0.3 is 8.98 Å². The zero-order valence-corrected chi connectivity index (χ0v) is 18.0. The van der Waals surface area contributed by atoms with E-state index in [0.29, 0.717) is 18.0 Å². The third-order valence-electron chi connectivity index (χ3n) is 6.74. The van der Waals surface area contributed by atoms with Gasteiger partial charge in [0.2, 0.25) is 5.91 Å². The minimum Gasteiger partial charge on any atom is -0.469 e. The first kappa shape index (κ1) is 20.7. The smallest absolute Gasteiger partial charge is 0.249 e. The highest BCUT2D eigenvalue weighted by molar-refractivity contribution is 5.79. The number of hydrogen-bond donors (Lipinski definition) is 0. The van der Waals surface area contributed by atoms with E-state index in [9.17, 15) is 9.18 Å². The van der Waals surface area contributed by atoms with Gasteiger partial charge in [0.1, 0.15) is 17.6 Å². The molecule has 1 saturated heterocycles. The Bertz CT molecular complexity index is 1190. The van der Waals surface area contributed by atoms with Crippen LogP contribution in [0.25, 0.3) is 11.0 Å². The molecule has 0 N–H and O–H groups in total. The molecule has 8 heteroatoms. The highest BCUT2D eigenvalue weighted by atomic mass is 19.1. The molecule has 7 nitrogen and oxygen atoms in total. The molecule has 1 saturated carbocycles. The topological polar surface area (TPSA) is 84.3 Å². The van der Waals surface area contributed by atoms with Crippen LogP contribution in [-0.4, -0.2) is 27.1 Å². The fourth-order valence-corrected chi connectivity index (χ4v) is 4.99. The molecule has 0 spiro atoms. The van der Waals surface area contributed by atoms with Crippen molar-refractivity contribution in [3.05, 3.63) is 53.5 Å². The summed E-state index contributed by atoms with van der Waals surface area (Å²) in [5, 5.41) is 10.7. The molecule has 2 aromatic heterocycles. The van der Waals surface area contributed by atoms with E-state index in [1.807, 2.05) is 23.6 Å². The lowest BCUT2D eigenvalue weighted by Gasteiger charge is -2.31. The monoisotopic (exact) mass is 436 g/mol. The van der Waals surface area contributed by atoms with Crippen molar-refractivity contribution in [2.75, 3.05) is 6.61 Å². The summed E-state index contributed by atoms with van der Waals surface area (Å²) in [7, 11) is 0. The van der Waals surface area contributed by atoms with Crippen molar-refractivity contribution >= 4 is 16.9 Å². The number of hydroxylamine groups is 2. The van der Waals surface area contributed by atoms with Crippen LogP contribution in [0.15, 0.2) is 35.2 Å². The van der Waals surface area contributed by atoms with E-state index < -0.39 is 5.82 Å². The summed E-state index contributed by atoms with van der Waals surface area (Å²) < 4.78 is 21.3. The lowest BCUT2D eigenvalue weighted by molar-refractivity contribution is -0.183. The van der Waals surface area contributed by atoms with Crippen LogP contribution in [0.4, 0.5) is 4.39 Å². The lowest BCUT2D eigenvalue weighted by atomic mass is 9.81. The van der Waals surface area contributed by atoms with Gasteiger partial charge >= 0.3 is 0 Å². The van der Waals surface area contributed by atoms with Crippen molar-refractivity contribution in [2.45, 2.75) is 51.6 Å². The van der Waals surface area contributed by atoms with E-state index in [-0.39, 0.29) is 23.4 Å². The molecule has 0 unspecified atom stereocenters. The van der Waals surface area contributed by atoms with Crippen LogP contribution in [0.2, 0.25) is 0 Å². The Morgan fingerprint density at radius 1 is 1.25 bits per heavy atom. The normalized spacial score (nSPS) is 23.5. The zero-order valence-electron chi connectivity index (χ0n) is 18.0. The van der Waals surface area contributed by atoms with Crippen LogP contribution in [0, 0.1) is 35.9 Å². The highest BCUT2D eigenvalue weighted by Crippen LogP contribution is 2.37. The van der Waals surface area contributed by atoms with E-state index >= 15 is 0 Å². The predicted octanol–water partition coefficient (Wildman–Crippen LogP) is 4.66. The van der Waals surface area contributed by atoms with Gasteiger partial charge in [-0.05, 0) is 50.7 Å². The molecule has 0 bridgehead atoms. The number of nitrogens with zero attached hydrogens (tertiary/aromatic N) is 4. The lowest BCUT2D eigenvalue weighted by Crippen LogP contribution is -2.36. The summed E-state index contributed by atoms with van der Waals surface area (Å²) in [6.07, 6.45) is 7.66. The van der Waals surface area contributed by atoms with Crippen molar-refractivity contribution < 1.29 is 18.4 Å². The van der Waals surface area contributed by atoms with Crippen LogP contribution in [0.1, 0.15) is 55.0 Å². The average Bonchev–Trinajstić information content (AvgIpc) is 3.53. The maximum Gasteiger partial charge on any atom is 0.249 e. The standard InChI is InChI=1S/C24H25FN4O3/c1-15-8-19(13-31-15)22-6-7-32-29(22)24(30)17-4-2-16(3-5-17)12-28-14-27-21-10-20(25)18(11-26)9-23(21)28/h8-10,13-14,16-17,22H,2-7,12H2,1H3/t16?,17?,22-/m0/s1. The van der Waals surface area contributed by atoms with Crippen LogP contribution < -0.4 is 0 Å². The van der Waals surface area contributed by atoms with E-state index in [1.165, 1.54) is 6.07 Å². The largest absolute Gasteiger partial charge is 0.469 e. The quantitative estimate of drug-likeness (QED) is 0.594. The van der Waals surface area contributed by atoms with Gasteiger partial charge in [0.25, 0.3) is 0 Å². The molecule has 1 aliphatic carbocycles. The first-order valence-electron chi connectivity index (χ1n) is 11.1. The number of aryl methyl sites for hydroxylation is 1. The van der Waals surface area contributed by atoms with Gasteiger partial charge in [-0.15, -0.1) is 0 Å². The minimum absolute atomic E-state index is 0.0292. The van der Waals surface area contributed by atoms with Gasteiger partial charge in [0.15, 0.2) is 0 Å². The number of carbonyl (C=O) groups is 1. The number of furan rings is 1. The summed E-state index contributed by atoms with van der Waals surface area (Å²) in [6, 6.07) is 6.66. The van der Waals surface area contributed by atoms with Gasteiger partial charge in [0, 0.05) is 30.5 Å². The van der Waals surface area contributed by atoms with Crippen LogP contribution in [0.5, 0.6) is 0 Å². The number of nitriles is 1. The minimum atomic E-state index is -0.544. The van der Waals surface area contributed by atoms with Crippen LogP contribution >= 0.6 is 0 Å². The number of fused-ring (bicyclic) bond motifs is 1. The Labute approximate surface area is 185 Å². The van der Waals surface area contributed by atoms with Gasteiger partial charge in [-0.25, -0.2) is 14.4 Å². The second kappa shape index (κ2) is 8.40. The van der Waals surface area contributed by atoms with E-state index in [1.54, 1.807) is 23.7 Å². The zero-order chi connectivity index (χ0) is 22.2. The average molecular weight is 436 g/mol. The van der Waals surface area contributed by atoms with Crippen LogP contribution in [-0.2, 0) is 16.2 Å². The summed E-state index contributed by atoms with van der Waals surface area (Å²) in [5.41, 5.74) is 2.34.